The molecule has 2 aromatic rings. The van der Waals surface area contributed by atoms with Crippen LogP contribution < -0.4 is 10.1 Å². The van der Waals surface area contributed by atoms with Crippen molar-refractivity contribution in [3.63, 3.8) is 0 Å². The topological polar surface area (TPSA) is 30.5 Å². The fraction of sp³-hybridized carbons (Fsp3) is 0.412. The molecule has 3 heteroatoms. The largest absolute Gasteiger partial charge is 0.488 e. The van der Waals surface area contributed by atoms with Crippen LogP contribution in [0.3, 0.4) is 0 Å². The molecule has 0 radical (unpaired) electrons. The molecule has 3 rings (SSSR count). The molecule has 0 bridgehead atoms. The third kappa shape index (κ3) is 2.79. The predicted octanol–water partition coefficient (Wildman–Crippen LogP) is 3.12. The molecule has 1 N–H and O–H groups in total. The lowest BCUT2D eigenvalue weighted by molar-refractivity contribution is 0.00709. The highest BCUT2D eigenvalue weighted by molar-refractivity contribution is 5.87. The minimum absolute atomic E-state index is 0.181. The molecule has 0 amide bonds. The van der Waals surface area contributed by atoms with Gasteiger partial charge < -0.3 is 14.8 Å². The van der Waals surface area contributed by atoms with Gasteiger partial charge in [-0.15, -0.1) is 0 Å². The van der Waals surface area contributed by atoms with E-state index < -0.39 is 0 Å². The van der Waals surface area contributed by atoms with Crippen molar-refractivity contribution in [1.82, 2.24) is 5.32 Å². The molecule has 20 heavy (non-hydrogen) atoms. The molecule has 0 aliphatic carbocycles. The Morgan fingerprint density at radius 3 is 2.95 bits per heavy atom. The smallest absolute Gasteiger partial charge is 0.124 e. The van der Waals surface area contributed by atoms with Crippen LogP contribution in [0, 0.1) is 0 Å². The maximum Gasteiger partial charge on any atom is 0.124 e. The van der Waals surface area contributed by atoms with Crippen LogP contribution in [-0.4, -0.2) is 26.4 Å². The Kier molecular flexibility index (Phi) is 4.19. The molecular weight excluding hydrogens is 250 g/mol. The molecule has 1 saturated heterocycles. The molecule has 1 heterocycles. The lowest BCUT2D eigenvalue weighted by atomic mass is 10.0. The van der Waals surface area contributed by atoms with Crippen molar-refractivity contribution in [2.45, 2.75) is 25.5 Å². The zero-order chi connectivity index (χ0) is 13.8. The van der Waals surface area contributed by atoms with E-state index in [-0.39, 0.29) is 6.10 Å². The predicted molar refractivity (Wildman–Crippen MR) is 81.2 cm³/mol. The summed E-state index contributed by atoms with van der Waals surface area (Å²) in [7, 11) is 1.97. The average molecular weight is 271 g/mol. The maximum atomic E-state index is 6.18. The zero-order valence-corrected chi connectivity index (χ0v) is 11.9. The van der Waals surface area contributed by atoms with Crippen LogP contribution in [0.1, 0.15) is 18.4 Å². The summed E-state index contributed by atoms with van der Waals surface area (Å²) in [5.41, 5.74) is 1.23. The summed E-state index contributed by atoms with van der Waals surface area (Å²) in [5.74, 6) is 0.980. The van der Waals surface area contributed by atoms with Crippen molar-refractivity contribution in [2.24, 2.45) is 0 Å². The molecule has 1 unspecified atom stereocenters. The SMILES string of the molecule is CNCc1c(OC2CCCOC2)ccc2ccccc12. The summed E-state index contributed by atoms with van der Waals surface area (Å²) in [4.78, 5) is 0. The Hall–Kier alpha value is -1.58. The maximum absolute atomic E-state index is 6.18. The summed E-state index contributed by atoms with van der Waals surface area (Å²) in [6.07, 6.45) is 2.34. The lowest BCUT2D eigenvalue weighted by Gasteiger charge is -2.25. The van der Waals surface area contributed by atoms with Gasteiger partial charge >= 0.3 is 0 Å². The van der Waals surface area contributed by atoms with Gasteiger partial charge in [0.25, 0.3) is 0 Å². The summed E-state index contributed by atoms with van der Waals surface area (Å²) in [6, 6.07) is 12.7. The Balaban J connectivity index is 1.94. The summed E-state index contributed by atoms with van der Waals surface area (Å²) in [6.45, 7) is 2.37. The molecule has 3 nitrogen and oxygen atoms in total. The van der Waals surface area contributed by atoms with Gasteiger partial charge in [0, 0.05) is 18.7 Å². The zero-order valence-electron chi connectivity index (χ0n) is 11.9. The summed E-state index contributed by atoms with van der Waals surface area (Å²) >= 11 is 0. The van der Waals surface area contributed by atoms with Crippen LogP contribution in [0.4, 0.5) is 0 Å². The molecule has 0 aromatic heterocycles. The van der Waals surface area contributed by atoms with E-state index in [1.807, 2.05) is 7.05 Å². The van der Waals surface area contributed by atoms with Crippen molar-refractivity contribution < 1.29 is 9.47 Å². The Morgan fingerprint density at radius 2 is 2.15 bits per heavy atom. The Bertz CT molecular complexity index is 576. The number of hydrogen-bond donors (Lipinski definition) is 1. The van der Waals surface area contributed by atoms with Gasteiger partial charge in [-0.05, 0) is 36.7 Å². The van der Waals surface area contributed by atoms with Crippen molar-refractivity contribution in [1.29, 1.82) is 0 Å². The number of ether oxygens (including phenoxy) is 2. The van der Waals surface area contributed by atoms with Crippen LogP contribution in [-0.2, 0) is 11.3 Å². The highest BCUT2D eigenvalue weighted by atomic mass is 16.5. The number of rotatable bonds is 4. The fourth-order valence-electron chi connectivity index (χ4n) is 2.77. The first-order valence-electron chi connectivity index (χ1n) is 7.28. The second kappa shape index (κ2) is 6.25. The summed E-state index contributed by atoms with van der Waals surface area (Å²) < 4.78 is 11.7. The highest BCUT2D eigenvalue weighted by Crippen LogP contribution is 2.29. The first-order chi connectivity index (χ1) is 9.88. The van der Waals surface area contributed by atoms with Crippen LogP contribution in [0.25, 0.3) is 10.8 Å². The fourth-order valence-corrected chi connectivity index (χ4v) is 2.77. The van der Waals surface area contributed by atoms with E-state index in [4.69, 9.17) is 9.47 Å². The number of benzene rings is 2. The molecule has 1 atom stereocenters. The van der Waals surface area contributed by atoms with Gasteiger partial charge in [-0.3, -0.25) is 0 Å². The molecule has 0 spiro atoms. The molecule has 1 aliphatic rings. The normalized spacial score (nSPS) is 19.1. The third-order valence-corrected chi connectivity index (χ3v) is 3.76. The molecule has 1 aliphatic heterocycles. The van der Waals surface area contributed by atoms with Crippen LogP contribution in [0.15, 0.2) is 36.4 Å². The molecule has 0 saturated carbocycles. The van der Waals surface area contributed by atoms with Crippen LogP contribution in [0.2, 0.25) is 0 Å². The molecule has 2 aromatic carbocycles. The van der Waals surface area contributed by atoms with Crippen molar-refractivity contribution in [3.05, 3.63) is 42.0 Å². The second-order valence-corrected chi connectivity index (χ2v) is 5.25. The standard InChI is InChI=1S/C17H21NO2/c1-18-11-16-15-7-3-2-5-13(15)8-9-17(16)20-14-6-4-10-19-12-14/h2-3,5,7-9,14,18H,4,6,10-12H2,1H3. The van der Waals surface area contributed by atoms with Gasteiger partial charge in [-0.1, -0.05) is 30.3 Å². The minimum Gasteiger partial charge on any atom is -0.488 e. The third-order valence-electron chi connectivity index (χ3n) is 3.76. The molecular formula is C17H21NO2. The van der Waals surface area contributed by atoms with Gasteiger partial charge in [-0.2, -0.15) is 0 Å². The first kappa shape index (κ1) is 13.4. The quantitative estimate of drug-likeness (QED) is 0.927. The first-order valence-corrected chi connectivity index (χ1v) is 7.28. The monoisotopic (exact) mass is 271 g/mol. The second-order valence-electron chi connectivity index (χ2n) is 5.25. The Morgan fingerprint density at radius 1 is 1.25 bits per heavy atom. The van der Waals surface area contributed by atoms with Gasteiger partial charge in [0.15, 0.2) is 0 Å². The highest BCUT2D eigenvalue weighted by Gasteiger charge is 2.17. The number of fused-ring (bicyclic) bond motifs is 1. The van der Waals surface area contributed by atoms with Crippen molar-refractivity contribution >= 4 is 10.8 Å². The van der Waals surface area contributed by atoms with Gasteiger partial charge in [-0.25, -0.2) is 0 Å². The number of nitrogens with one attached hydrogen (secondary N) is 1. The van der Waals surface area contributed by atoms with E-state index in [9.17, 15) is 0 Å². The van der Waals surface area contributed by atoms with Crippen LogP contribution in [0.5, 0.6) is 5.75 Å². The van der Waals surface area contributed by atoms with E-state index in [0.717, 1.165) is 31.7 Å². The summed E-state index contributed by atoms with van der Waals surface area (Å²) in [5, 5.41) is 5.76. The average Bonchev–Trinajstić information content (AvgIpc) is 2.51. The van der Waals surface area contributed by atoms with E-state index in [1.54, 1.807) is 0 Å². The molecule has 106 valence electrons. The van der Waals surface area contributed by atoms with E-state index in [1.165, 1.54) is 16.3 Å². The number of hydrogen-bond acceptors (Lipinski definition) is 3. The minimum atomic E-state index is 0.181. The van der Waals surface area contributed by atoms with E-state index in [0.29, 0.717) is 6.61 Å². The van der Waals surface area contributed by atoms with Gasteiger partial charge in [0.2, 0.25) is 0 Å². The van der Waals surface area contributed by atoms with E-state index in [2.05, 4.69) is 41.7 Å². The van der Waals surface area contributed by atoms with E-state index >= 15 is 0 Å². The van der Waals surface area contributed by atoms with Crippen molar-refractivity contribution in [2.75, 3.05) is 20.3 Å². The van der Waals surface area contributed by atoms with Gasteiger partial charge in [0.1, 0.15) is 11.9 Å². The Labute approximate surface area is 119 Å². The van der Waals surface area contributed by atoms with Crippen LogP contribution >= 0.6 is 0 Å². The van der Waals surface area contributed by atoms with Gasteiger partial charge in [0.05, 0.1) is 6.61 Å². The molecule has 1 fully saturated rings. The lowest BCUT2D eigenvalue weighted by Crippen LogP contribution is -2.28. The van der Waals surface area contributed by atoms with Crippen molar-refractivity contribution in [3.8, 4) is 5.75 Å².